The highest BCUT2D eigenvalue weighted by Gasteiger charge is 2.28. The summed E-state index contributed by atoms with van der Waals surface area (Å²) in [6.45, 7) is 3.28. The number of hydrogen-bond acceptors (Lipinski definition) is 4. The van der Waals surface area contributed by atoms with Crippen molar-refractivity contribution in [2.75, 3.05) is 10.8 Å². The molecule has 1 N–H and O–H groups in total. The lowest BCUT2D eigenvalue weighted by atomic mass is 9.97. The molecular formula is C31H27N3O3S. The maximum Gasteiger partial charge on any atom is 0.264 e. The summed E-state index contributed by atoms with van der Waals surface area (Å²) in [5, 5.41) is 8.37. The molecule has 5 rings (SSSR count). The van der Waals surface area contributed by atoms with Gasteiger partial charge in [-0.1, -0.05) is 84.4 Å². The summed E-state index contributed by atoms with van der Waals surface area (Å²) in [7, 11) is -4.00. The van der Waals surface area contributed by atoms with E-state index in [2.05, 4.69) is 16.6 Å². The maximum absolute atomic E-state index is 13.6. The van der Waals surface area contributed by atoms with Crippen molar-refractivity contribution in [3.8, 4) is 0 Å². The average molecular weight is 522 g/mol. The second kappa shape index (κ2) is 10.5. The fraction of sp³-hybridized carbons (Fsp3) is 0.0968. The molecule has 5 aromatic rings. The molecule has 0 radical (unpaired) electrons. The van der Waals surface area contributed by atoms with Crippen LogP contribution in [0.5, 0.6) is 0 Å². The quantitative estimate of drug-likeness (QED) is 0.163. The van der Waals surface area contributed by atoms with E-state index in [-0.39, 0.29) is 4.90 Å². The third kappa shape index (κ3) is 5.01. The number of carbonyl (C=O) groups is 1. The Morgan fingerprint density at radius 1 is 0.816 bits per heavy atom. The number of nitrogens with one attached hydrogen (secondary N) is 1. The Morgan fingerprint density at radius 3 is 2.03 bits per heavy atom. The lowest BCUT2D eigenvalue weighted by molar-refractivity contribution is -0.119. The smallest absolute Gasteiger partial charge is 0.264 e. The third-order valence-electron chi connectivity index (χ3n) is 6.48. The molecule has 190 valence electrons. The molecule has 0 aliphatic heterocycles. The van der Waals surface area contributed by atoms with Gasteiger partial charge in [-0.25, -0.2) is 13.8 Å². The minimum Gasteiger partial charge on any atom is -0.271 e. The van der Waals surface area contributed by atoms with Gasteiger partial charge in [0, 0.05) is 5.56 Å². The zero-order valence-electron chi connectivity index (χ0n) is 21.1. The standard InChI is InChI=1S/C31H27N3O3S/c1-22-15-17-26(18-16-22)38(36,37)34(30-14-8-3-9-23(30)2)21-31(35)33-32-20-29-27-12-6-4-10-24(27)19-25-11-5-7-13-28(25)29/h3-20H,21H2,1-2H3,(H,33,35)/b32-20-. The maximum atomic E-state index is 13.6. The molecule has 1 amide bonds. The van der Waals surface area contributed by atoms with Crippen LogP contribution in [0.3, 0.4) is 0 Å². The SMILES string of the molecule is Cc1ccc(S(=O)(=O)N(CC(=O)N/N=C\c2c3ccccc3cc3ccccc23)c2ccccc2C)cc1. The highest BCUT2D eigenvalue weighted by Crippen LogP contribution is 2.28. The molecule has 0 saturated carbocycles. The van der Waals surface area contributed by atoms with Crippen molar-refractivity contribution in [3.05, 3.63) is 120 Å². The van der Waals surface area contributed by atoms with E-state index in [1.165, 1.54) is 0 Å². The lowest BCUT2D eigenvalue weighted by Gasteiger charge is -2.25. The van der Waals surface area contributed by atoms with Crippen molar-refractivity contribution in [3.63, 3.8) is 0 Å². The van der Waals surface area contributed by atoms with Crippen LogP contribution in [-0.4, -0.2) is 27.1 Å². The van der Waals surface area contributed by atoms with Gasteiger partial charge in [0.1, 0.15) is 6.54 Å². The first kappa shape index (κ1) is 25.2. The Labute approximate surface area is 222 Å². The fourth-order valence-electron chi connectivity index (χ4n) is 4.50. The van der Waals surface area contributed by atoms with E-state index in [9.17, 15) is 13.2 Å². The number of para-hydroxylation sites is 1. The van der Waals surface area contributed by atoms with E-state index in [4.69, 9.17) is 0 Å². The minimum absolute atomic E-state index is 0.116. The molecule has 0 spiro atoms. The number of amides is 1. The lowest BCUT2D eigenvalue weighted by Crippen LogP contribution is -2.40. The van der Waals surface area contributed by atoms with Gasteiger partial charge in [-0.15, -0.1) is 0 Å². The predicted octanol–water partition coefficient (Wildman–Crippen LogP) is 5.96. The first-order valence-corrected chi connectivity index (χ1v) is 13.7. The van der Waals surface area contributed by atoms with Crippen LogP contribution in [0.15, 0.2) is 113 Å². The summed E-state index contributed by atoms with van der Waals surface area (Å²) in [5.41, 5.74) is 5.53. The summed E-state index contributed by atoms with van der Waals surface area (Å²) >= 11 is 0. The Bertz CT molecular complexity index is 1720. The summed E-state index contributed by atoms with van der Waals surface area (Å²) < 4.78 is 28.4. The van der Waals surface area contributed by atoms with Crippen LogP contribution < -0.4 is 9.73 Å². The first-order chi connectivity index (χ1) is 18.3. The number of rotatable bonds is 7. The van der Waals surface area contributed by atoms with Crippen LogP contribution >= 0.6 is 0 Å². The van der Waals surface area contributed by atoms with Gasteiger partial charge in [-0.05, 0) is 65.2 Å². The van der Waals surface area contributed by atoms with E-state index < -0.39 is 22.5 Å². The number of anilines is 1. The average Bonchev–Trinajstić information content (AvgIpc) is 2.92. The number of hydrogen-bond donors (Lipinski definition) is 1. The van der Waals surface area contributed by atoms with Gasteiger partial charge >= 0.3 is 0 Å². The molecule has 0 atom stereocenters. The summed E-state index contributed by atoms with van der Waals surface area (Å²) in [6, 6.07) is 31.8. The van der Waals surface area contributed by atoms with Gasteiger partial charge in [0.25, 0.3) is 15.9 Å². The summed E-state index contributed by atoms with van der Waals surface area (Å²) in [4.78, 5) is 13.2. The van der Waals surface area contributed by atoms with Crippen LogP contribution in [0.1, 0.15) is 16.7 Å². The highest BCUT2D eigenvalue weighted by atomic mass is 32.2. The zero-order valence-corrected chi connectivity index (χ0v) is 21.9. The van der Waals surface area contributed by atoms with E-state index in [1.54, 1.807) is 42.6 Å². The van der Waals surface area contributed by atoms with Crippen molar-refractivity contribution in [2.45, 2.75) is 18.7 Å². The second-order valence-electron chi connectivity index (χ2n) is 9.14. The van der Waals surface area contributed by atoms with E-state index in [1.807, 2.05) is 74.5 Å². The minimum atomic E-state index is -4.00. The van der Waals surface area contributed by atoms with Gasteiger partial charge in [0.05, 0.1) is 16.8 Å². The molecule has 6 nitrogen and oxygen atoms in total. The van der Waals surface area contributed by atoms with E-state index in [0.29, 0.717) is 5.69 Å². The van der Waals surface area contributed by atoms with Crippen LogP contribution in [0.2, 0.25) is 0 Å². The molecule has 0 bridgehead atoms. The van der Waals surface area contributed by atoms with Crippen LogP contribution in [0, 0.1) is 13.8 Å². The van der Waals surface area contributed by atoms with Gasteiger partial charge in [-0.3, -0.25) is 9.10 Å². The van der Waals surface area contributed by atoms with Crippen molar-refractivity contribution < 1.29 is 13.2 Å². The molecule has 0 aromatic heterocycles. The molecule has 0 aliphatic carbocycles. The van der Waals surface area contributed by atoms with Crippen LogP contribution in [0.25, 0.3) is 21.5 Å². The first-order valence-electron chi connectivity index (χ1n) is 12.2. The van der Waals surface area contributed by atoms with Gasteiger partial charge < -0.3 is 0 Å². The molecule has 0 heterocycles. The number of aryl methyl sites for hydroxylation is 2. The molecule has 0 unspecified atom stereocenters. The van der Waals surface area contributed by atoms with Gasteiger partial charge in [-0.2, -0.15) is 5.10 Å². The fourth-order valence-corrected chi connectivity index (χ4v) is 5.99. The number of nitrogens with zero attached hydrogens (tertiary/aromatic N) is 2. The number of carbonyl (C=O) groups excluding carboxylic acids is 1. The molecule has 0 saturated heterocycles. The number of fused-ring (bicyclic) bond motifs is 2. The number of benzene rings is 5. The highest BCUT2D eigenvalue weighted by molar-refractivity contribution is 7.92. The third-order valence-corrected chi connectivity index (χ3v) is 8.25. The molecule has 0 aliphatic rings. The van der Waals surface area contributed by atoms with Gasteiger partial charge in [0.15, 0.2) is 0 Å². The summed E-state index contributed by atoms with van der Waals surface area (Å²) in [5.74, 6) is -0.551. The Hall–Kier alpha value is -4.49. The van der Waals surface area contributed by atoms with Crippen molar-refractivity contribution >= 4 is 49.4 Å². The molecule has 5 aromatic carbocycles. The van der Waals surface area contributed by atoms with Crippen molar-refractivity contribution in [2.24, 2.45) is 5.10 Å². The Balaban J connectivity index is 1.45. The molecular weight excluding hydrogens is 494 g/mol. The van der Waals surface area contributed by atoms with E-state index >= 15 is 0 Å². The summed E-state index contributed by atoms with van der Waals surface area (Å²) in [6.07, 6.45) is 1.62. The predicted molar refractivity (Wildman–Crippen MR) is 154 cm³/mol. The topological polar surface area (TPSA) is 78.8 Å². The van der Waals surface area contributed by atoms with E-state index in [0.717, 1.165) is 42.5 Å². The van der Waals surface area contributed by atoms with Gasteiger partial charge in [0.2, 0.25) is 0 Å². The Morgan fingerprint density at radius 2 is 1.39 bits per heavy atom. The molecule has 38 heavy (non-hydrogen) atoms. The zero-order chi connectivity index (χ0) is 26.7. The van der Waals surface area contributed by atoms with Crippen LogP contribution in [0.4, 0.5) is 5.69 Å². The molecule has 0 fully saturated rings. The monoisotopic (exact) mass is 521 g/mol. The number of hydrazone groups is 1. The van der Waals surface area contributed by atoms with Crippen LogP contribution in [-0.2, 0) is 14.8 Å². The van der Waals surface area contributed by atoms with Crippen molar-refractivity contribution in [1.29, 1.82) is 0 Å². The number of sulfonamides is 1. The normalized spacial score (nSPS) is 11.7. The Kier molecular flexibility index (Phi) is 6.94. The molecule has 7 heteroatoms. The van der Waals surface area contributed by atoms with Crippen molar-refractivity contribution in [1.82, 2.24) is 5.43 Å². The largest absolute Gasteiger partial charge is 0.271 e. The second-order valence-corrected chi connectivity index (χ2v) is 11.0.